The third-order valence-electron chi connectivity index (χ3n) is 4.13. The van der Waals surface area contributed by atoms with E-state index in [2.05, 4.69) is 17.1 Å². The average Bonchev–Trinajstić information content (AvgIpc) is 2.71. The van der Waals surface area contributed by atoms with E-state index >= 15 is 0 Å². The second-order valence-corrected chi connectivity index (χ2v) is 5.40. The number of nitrogens with zero attached hydrogens (tertiary/aromatic N) is 2. The molecular formula is C15H20ClN3O2. The molecule has 0 spiro atoms. The van der Waals surface area contributed by atoms with Gasteiger partial charge in [0.2, 0.25) is 0 Å². The summed E-state index contributed by atoms with van der Waals surface area (Å²) in [7, 11) is 0. The number of amides is 2. The molecule has 1 aromatic carbocycles. The third kappa shape index (κ3) is 2.95. The Hall–Kier alpha value is -1.43. The van der Waals surface area contributed by atoms with Crippen molar-refractivity contribution in [3.8, 4) is 0 Å². The lowest BCUT2D eigenvalue weighted by atomic mass is 10.1. The van der Waals surface area contributed by atoms with E-state index in [0.29, 0.717) is 23.7 Å². The highest BCUT2D eigenvalue weighted by Crippen LogP contribution is 2.22. The predicted molar refractivity (Wildman–Crippen MR) is 83.0 cm³/mol. The molecule has 0 aliphatic carbocycles. The van der Waals surface area contributed by atoms with Gasteiger partial charge >= 0.3 is 0 Å². The van der Waals surface area contributed by atoms with Crippen molar-refractivity contribution in [2.75, 3.05) is 32.7 Å². The molecule has 0 saturated carbocycles. The van der Waals surface area contributed by atoms with Gasteiger partial charge in [0.1, 0.15) is 0 Å². The van der Waals surface area contributed by atoms with Gasteiger partial charge in [-0.05, 0) is 19.1 Å². The number of carbonyl (C=O) groups excluding carboxylic acids is 2. The van der Waals surface area contributed by atoms with Crippen molar-refractivity contribution in [2.24, 2.45) is 0 Å². The monoisotopic (exact) mass is 309 g/mol. The molecule has 2 amide bonds. The van der Waals surface area contributed by atoms with Gasteiger partial charge in [-0.3, -0.25) is 19.4 Å². The Morgan fingerprint density at radius 3 is 2.33 bits per heavy atom. The molecular weight excluding hydrogens is 290 g/mol. The maximum absolute atomic E-state index is 12.2. The molecule has 21 heavy (non-hydrogen) atoms. The van der Waals surface area contributed by atoms with Gasteiger partial charge in [0, 0.05) is 38.8 Å². The number of nitrogens with one attached hydrogen (secondary N) is 1. The normalized spacial score (nSPS) is 22.1. The fourth-order valence-corrected chi connectivity index (χ4v) is 2.89. The van der Waals surface area contributed by atoms with Gasteiger partial charge in [-0.15, -0.1) is 12.4 Å². The fraction of sp³-hybridized carbons (Fsp3) is 0.467. The van der Waals surface area contributed by atoms with E-state index in [1.54, 1.807) is 24.3 Å². The molecule has 3 rings (SSSR count). The number of piperazine rings is 1. The van der Waals surface area contributed by atoms with Crippen molar-refractivity contribution < 1.29 is 9.59 Å². The summed E-state index contributed by atoms with van der Waals surface area (Å²) in [6.45, 7) is 6.26. The van der Waals surface area contributed by atoms with E-state index in [1.165, 1.54) is 4.90 Å². The zero-order valence-electron chi connectivity index (χ0n) is 12.0. The molecule has 1 aromatic rings. The molecule has 0 bridgehead atoms. The number of benzene rings is 1. The van der Waals surface area contributed by atoms with Crippen molar-refractivity contribution in [1.82, 2.24) is 15.1 Å². The number of hydrogen-bond donors (Lipinski definition) is 1. The van der Waals surface area contributed by atoms with Gasteiger partial charge < -0.3 is 5.32 Å². The molecule has 1 atom stereocenters. The summed E-state index contributed by atoms with van der Waals surface area (Å²) in [6.07, 6.45) is 0. The number of carbonyl (C=O) groups is 2. The predicted octanol–water partition coefficient (Wildman–Crippen LogP) is 0.998. The first-order chi connectivity index (χ1) is 9.68. The zero-order chi connectivity index (χ0) is 14.1. The van der Waals surface area contributed by atoms with Crippen molar-refractivity contribution >= 4 is 24.2 Å². The lowest BCUT2D eigenvalue weighted by Crippen LogP contribution is -2.52. The first-order valence-corrected chi connectivity index (χ1v) is 7.08. The first kappa shape index (κ1) is 15.9. The van der Waals surface area contributed by atoms with E-state index in [1.807, 2.05) is 0 Å². The van der Waals surface area contributed by atoms with Gasteiger partial charge in [-0.1, -0.05) is 12.1 Å². The molecule has 1 fully saturated rings. The zero-order valence-corrected chi connectivity index (χ0v) is 12.9. The Morgan fingerprint density at radius 2 is 1.76 bits per heavy atom. The van der Waals surface area contributed by atoms with Gasteiger partial charge in [-0.25, -0.2) is 0 Å². The standard InChI is InChI=1S/C15H19N3O2.ClH/c1-11-10-16-6-7-17(11)8-9-18-14(19)12-4-2-3-5-13(12)15(18)20;/h2-5,11,16H,6-10H2,1H3;1H/t11-;/m0./s1. The van der Waals surface area contributed by atoms with Crippen LogP contribution in [0.3, 0.4) is 0 Å². The molecule has 1 saturated heterocycles. The minimum Gasteiger partial charge on any atom is -0.314 e. The second kappa shape index (κ2) is 6.56. The van der Waals surface area contributed by atoms with E-state index in [9.17, 15) is 9.59 Å². The summed E-state index contributed by atoms with van der Waals surface area (Å²) in [6, 6.07) is 7.49. The van der Waals surface area contributed by atoms with Crippen LogP contribution in [-0.4, -0.2) is 60.4 Å². The lowest BCUT2D eigenvalue weighted by Gasteiger charge is -2.34. The highest BCUT2D eigenvalue weighted by molar-refractivity contribution is 6.21. The average molecular weight is 310 g/mol. The van der Waals surface area contributed by atoms with E-state index < -0.39 is 0 Å². The van der Waals surface area contributed by atoms with Crippen molar-refractivity contribution in [2.45, 2.75) is 13.0 Å². The van der Waals surface area contributed by atoms with Gasteiger partial charge in [0.15, 0.2) is 0 Å². The van der Waals surface area contributed by atoms with Gasteiger partial charge in [-0.2, -0.15) is 0 Å². The van der Waals surface area contributed by atoms with E-state index in [4.69, 9.17) is 0 Å². The summed E-state index contributed by atoms with van der Waals surface area (Å²) in [5.41, 5.74) is 1.07. The van der Waals surface area contributed by atoms with Crippen LogP contribution in [0.1, 0.15) is 27.6 Å². The maximum Gasteiger partial charge on any atom is 0.261 e. The number of rotatable bonds is 3. The van der Waals surface area contributed by atoms with Crippen LogP contribution in [-0.2, 0) is 0 Å². The topological polar surface area (TPSA) is 52.6 Å². The minimum atomic E-state index is -0.159. The van der Waals surface area contributed by atoms with Crippen LogP contribution in [0.5, 0.6) is 0 Å². The van der Waals surface area contributed by atoms with Gasteiger partial charge in [0.05, 0.1) is 11.1 Å². The molecule has 114 valence electrons. The number of hydrogen-bond acceptors (Lipinski definition) is 4. The number of halogens is 1. The Labute approximate surface area is 130 Å². The highest BCUT2D eigenvalue weighted by atomic mass is 35.5. The molecule has 2 aliphatic heterocycles. The third-order valence-corrected chi connectivity index (χ3v) is 4.13. The van der Waals surface area contributed by atoms with Crippen molar-refractivity contribution in [3.05, 3.63) is 35.4 Å². The molecule has 0 radical (unpaired) electrons. The Morgan fingerprint density at radius 1 is 1.14 bits per heavy atom. The molecule has 0 unspecified atom stereocenters. The first-order valence-electron chi connectivity index (χ1n) is 7.08. The largest absolute Gasteiger partial charge is 0.314 e. The molecule has 1 N–H and O–H groups in total. The Balaban J connectivity index is 0.00000161. The summed E-state index contributed by atoms with van der Waals surface area (Å²) >= 11 is 0. The smallest absolute Gasteiger partial charge is 0.261 e. The Kier molecular flexibility index (Phi) is 4.98. The van der Waals surface area contributed by atoms with Crippen molar-refractivity contribution in [1.29, 1.82) is 0 Å². The molecule has 5 nitrogen and oxygen atoms in total. The van der Waals surface area contributed by atoms with Crippen LogP contribution in [0.2, 0.25) is 0 Å². The van der Waals surface area contributed by atoms with E-state index in [0.717, 1.165) is 26.2 Å². The molecule has 2 heterocycles. The van der Waals surface area contributed by atoms with Crippen LogP contribution in [0.15, 0.2) is 24.3 Å². The van der Waals surface area contributed by atoms with Gasteiger partial charge in [0.25, 0.3) is 11.8 Å². The van der Waals surface area contributed by atoms with E-state index in [-0.39, 0.29) is 24.2 Å². The number of fused-ring (bicyclic) bond motifs is 1. The SMILES string of the molecule is C[C@H]1CNCCN1CCN1C(=O)c2ccccc2C1=O.Cl. The summed E-state index contributed by atoms with van der Waals surface area (Å²) in [4.78, 5) is 28.2. The van der Waals surface area contributed by atoms with Crippen molar-refractivity contribution in [3.63, 3.8) is 0 Å². The van der Waals surface area contributed by atoms with Crippen LogP contribution in [0.4, 0.5) is 0 Å². The quantitative estimate of drug-likeness (QED) is 0.846. The Bertz CT molecular complexity index is 514. The van der Waals surface area contributed by atoms with Crippen LogP contribution < -0.4 is 5.32 Å². The summed E-state index contributed by atoms with van der Waals surface area (Å²) in [5, 5.41) is 3.33. The lowest BCUT2D eigenvalue weighted by molar-refractivity contribution is 0.0618. The van der Waals surface area contributed by atoms with Crippen LogP contribution in [0, 0.1) is 0 Å². The second-order valence-electron chi connectivity index (χ2n) is 5.40. The van der Waals surface area contributed by atoms with Crippen LogP contribution in [0.25, 0.3) is 0 Å². The van der Waals surface area contributed by atoms with Crippen LogP contribution >= 0.6 is 12.4 Å². The molecule has 6 heteroatoms. The molecule has 0 aromatic heterocycles. The highest BCUT2D eigenvalue weighted by Gasteiger charge is 2.35. The minimum absolute atomic E-state index is 0. The number of imide groups is 1. The summed E-state index contributed by atoms with van der Waals surface area (Å²) < 4.78 is 0. The maximum atomic E-state index is 12.2. The summed E-state index contributed by atoms with van der Waals surface area (Å²) in [5.74, 6) is -0.318. The fourth-order valence-electron chi connectivity index (χ4n) is 2.89. The molecule has 2 aliphatic rings.